The Balaban J connectivity index is 3.85. The molecular formula is C48H94NO7P. The van der Waals surface area contributed by atoms with Gasteiger partial charge in [0.05, 0.1) is 19.8 Å². The lowest BCUT2D eigenvalue weighted by molar-refractivity contribution is -0.154. The van der Waals surface area contributed by atoms with Gasteiger partial charge in [0.15, 0.2) is 0 Å². The summed E-state index contributed by atoms with van der Waals surface area (Å²) in [5.41, 5.74) is 5.37. The number of phosphoric acid groups is 1. The number of hydrogen-bond acceptors (Lipinski definition) is 7. The number of nitrogens with two attached hydrogens (primary N) is 1. The topological polar surface area (TPSA) is 117 Å². The van der Waals surface area contributed by atoms with Crippen molar-refractivity contribution in [1.82, 2.24) is 0 Å². The summed E-state index contributed by atoms with van der Waals surface area (Å²) >= 11 is 0. The Morgan fingerprint density at radius 3 is 1.44 bits per heavy atom. The van der Waals surface area contributed by atoms with E-state index in [-0.39, 0.29) is 32.3 Å². The number of phosphoric ester groups is 1. The number of carbonyl (C=O) groups excluding carboxylic acids is 1. The first-order valence-electron chi connectivity index (χ1n) is 24.3. The Morgan fingerprint density at radius 1 is 0.526 bits per heavy atom. The first-order valence-corrected chi connectivity index (χ1v) is 25.8. The van der Waals surface area contributed by atoms with Gasteiger partial charge >= 0.3 is 13.8 Å². The maximum absolute atomic E-state index is 12.6. The number of rotatable bonds is 47. The van der Waals surface area contributed by atoms with Crippen LogP contribution in [0.5, 0.6) is 0 Å². The summed E-state index contributed by atoms with van der Waals surface area (Å²) in [6.07, 6.45) is 52.2. The van der Waals surface area contributed by atoms with Crippen LogP contribution in [0, 0.1) is 0 Å². The van der Waals surface area contributed by atoms with E-state index in [1.54, 1.807) is 0 Å². The van der Waals surface area contributed by atoms with Gasteiger partial charge in [-0.25, -0.2) is 4.57 Å². The van der Waals surface area contributed by atoms with Crippen LogP contribution >= 0.6 is 7.82 Å². The fourth-order valence-corrected chi connectivity index (χ4v) is 7.80. The van der Waals surface area contributed by atoms with E-state index >= 15 is 0 Å². The van der Waals surface area contributed by atoms with Crippen molar-refractivity contribution in [3.05, 3.63) is 24.3 Å². The molecule has 0 heterocycles. The van der Waals surface area contributed by atoms with E-state index in [0.717, 1.165) is 64.2 Å². The highest BCUT2D eigenvalue weighted by molar-refractivity contribution is 7.47. The van der Waals surface area contributed by atoms with Crippen LogP contribution in [0.3, 0.4) is 0 Å². The SMILES string of the molecule is CCC/C=C\C/C=C\CCCCCCCC(=O)OC(COCCCCCCCCCCCCCCCCCCCCCCCCCCC)COP(=O)(O)OCCN. The van der Waals surface area contributed by atoms with Gasteiger partial charge in [0.25, 0.3) is 0 Å². The lowest BCUT2D eigenvalue weighted by Gasteiger charge is -2.20. The molecule has 0 saturated heterocycles. The van der Waals surface area contributed by atoms with Crippen molar-refractivity contribution in [2.45, 2.75) is 245 Å². The molecule has 0 aromatic heterocycles. The minimum Gasteiger partial charge on any atom is -0.457 e. The van der Waals surface area contributed by atoms with Crippen LogP contribution in [0.4, 0.5) is 0 Å². The zero-order valence-electron chi connectivity index (χ0n) is 37.6. The zero-order chi connectivity index (χ0) is 41.6. The summed E-state index contributed by atoms with van der Waals surface area (Å²) in [6, 6.07) is 0. The molecule has 0 aromatic carbocycles. The van der Waals surface area contributed by atoms with Crippen molar-refractivity contribution in [2.75, 3.05) is 33.0 Å². The molecule has 0 amide bonds. The third kappa shape index (κ3) is 45.9. The van der Waals surface area contributed by atoms with Gasteiger partial charge in [-0.15, -0.1) is 0 Å². The summed E-state index contributed by atoms with van der Waals surface area (Å²) in [5.74, 6) is -0.341. The molecule has 9 heteroatoms. The van der Waals surface area contributed by atoms with Crippen LogP contribution in [-0.2, 0) is 27.9 Å². The van der Waals surface area contributed by atoms with Crippen molar-refractivity contribution in [2.24, 2.45) is 5.73 Å². The minimum absolute atomic E-state index is 0.0962. The van der Waals surface area contributed by atoms with Crippen molar-refractivity contribution >= 4 is 13.8 Å². The molecule has 0 fully saturated rings. The van der Waals surface area contributed by atoms with Crippen LogP contribution in [0.25, 0.3) is 0 Å². The van der Waals surface area contributed by atoms with E-state index in [1.807, 2.05) is 0 Å². The fourth-order valence-electron chi connectivity index (χ4n) is 7.04. The summed E-state index contributed by atoms with van der Waals surface area (Å²) in [6.45, 7) is 4.88. The average Bonchev–Trinajstić information content (AvgIpc) is 3.20. The first-order chi connectivity index (χ1) is 27.9. The summed E-state index contributed by atoms with van der Waals surface area (Å²) in [7, 11) is -4.28. The van der Waals surface area contributed by atoms with E-state index in [0.29, 0.717) is 13.0 Å². The van der Waals surface area contributed by atoms with Gasteiger partial charge in [0.2, 0.25) is 0 Å². The average molecular weight is 828 g/mol. The molecule has 0 rings (SSSR count). The molecule has 0 aliphatic carbocycles. The zero-order valence-corrected chi connectivity index (χ0v) is 38.5. The quantitative estimate of drug-likeness (QED) is 0.0270. The molecule has 0 spiro atoms. The van der Waals surface area contributed by atoms with E-state index in [9.17, 15) is 14.3 Å². The first kappa shape index (κ1) is 56.0. The van der Waals surface area contributed by atoms with Crippen molar-refractivity contribution < 1.29 is 32.8 Å². The van der Waals surface area contributed by atoms with Crippen molar-refractivity contribution in [3.63, 3.8) is 0 Å². The fraction of sp³-hybridized carbons (Fsp3) is 0.896. The summed E-state index contributed by atoms with van der Waals surface area (Å²) in [4.78, 5) is 22.5. The molecule has 2 atom stereocenters. The smallest absolute Gasteiger partial charge is 0.457 e. The van der Waals surface area contributed by atoms with Crippen molar-refractivity contribution in [1.29, 1.82) is 0 Å². The Bertz CT molecular complexity index is 930. The third-order valence-corrected chi connectivity index (χ3v) is 11.6. The third-order valence-electron chi connectivity index (χ3n) is 10.6. The second-order valence-electron chi connectivity index (χ2n) is 16.3. The number of esters is 1. The predicted molar refractivity (Wildman–Crippen MR) is 243 cm³/mol. The monoisotopic (exact) mass is 828 g/mol. The Morgan fingerprint density at radius 2 is 0.965 bits per heavy atom. The second-order valence-corrected chi connectivity index (χ2v) is 17.8. The van der Waals surface area contributed by atoms with Crippen LogP contribution in [-0.4, -0.2) is 49.9 Å². The van der Waals surface area contributed by atoms with Gasteiger partial charge in [-0.05, 0) is 38.5 Å². The second kappa shape index (κ2) is 46.1. The number of carbonyl (C=O) groups is 1. The lowest BCUT2D eigenvalue weighted by atomic mass is 10.0. The molecule has 0 saturated carbocycles. The highest BCUT2D eigenvalue weighted by Gasteiger charge is 2.25. The summed E-state index contributed by atoms with van der Waals surface area (Å²) < 4.78 is 33.5. The molecule has 3 N–H and O–H groups in total. The van der Waals surface area contributed by atoms with Crippen molar-refractivity contribution in [3.8, 4) is 0 Å². The molecular weight excluding hydrogens is 734 g/mol. The van der Waals surface area contributed by atoms with Crippen LogP contribution in [0.1, 0.15) is 239 Å². The lowest BCUT2D eigenvalue weighted by Crippen LogP contribution is -2.28. The molecule has 0 aliphatic heterocycles. The van der Waals surface area contributed by atoms with Gasteiger partial charge < -0.3 is 20.1 Å². The van der Waals surface area contributed by atoms with Gasteiger partial charge in [0, 0.05) is 19.6 Å². The molecule has 0 aliphatic rings. The highest BCUT2D eigenvalue weighted by Crippen LogP contribution is 2.43. The van der Waals surface area contributed by atoms with Crippen LogP contribution < -0.4 is 5.73 Å². The standard InChI is InChI=1S/C48H94NO7P/c1-3-5-7-9-11-13-15-17-18-19-20-21-22-23-24-25-26-27-28-30-32-34-36-38-40-43-53-45-47(46-55-57(51,52)54-44-42-49)56-48(50)41-39-37-35-33-31-29-16-14-12-10-8-6-4-2/h8,10,14,16,47H,3-7,9,11-13,15,17-46,49H2,1-2H3,(H,51,52)/b10-8-,16-14-. The molecule has 0 bridgehead atoms. The molecule has 2 unspecified atom stereocenters. The number of hydrogen-bond donors (Lipinski definition) is 2. The molecule has 8 nitrogen and oxygen atoms in total. The molecule has 57 heavy (non-hydrogen) atoms. The van der Waals surface area contributed by atoms with E-state index in [1.165, 1.54) is 154 Å². The Labute approximate surface area is 353 Å². The predicted octanol–water partition coefficient (Wildman–Crippen LogP) is 14.8. The summed E-state index contributed by atoms with van der Waals surface area (Å²) in [5, 5.41) is 0. The largest absolute Gasteiger partial charge is 0.472 e. The van der Waals surface area contributed by atoms with Gasteiger partial charge in [-0.2, -0.15) is 0 Å². The Kier molecular flexibility index (Phi) is 45.2. The van der Waals surface area contributed by atoms with Gasteiger partial charge in [-0.1, -0.05) is 218 Å². The minimum atomic E-state index is -4.28. The number of ether oxygens (including phenoxy) is 2. The maximum Gasteiger partial charge on any atom is 0.472 e. The maximum atomic E-state index is 12.6. The molecule has 0 radical (unpaired) electrons. The van der Waals surface area contributed by atoms with Crippen LogP contribution in [0.2, 0.25) is 0 Å². The molecule has 0 aromatic rings. The van der Waals surface area contributed by atoms with E-state index in [2.05, 4.69) is 38.2 Å². The van der Waals surface area contributed by atoms with E-state index in [4.69, 9.17) is 24.3 Å². The van der Waals surface area contributed by atoms with Gasteiger partial charge in [-0.3, -0.25) is 13.8 Å². The number of unbranched alkanes of at least 4 members (excludes halogenated alkanes) is 30. The van der Waals surface area contributed by atoms with E-state index < -0.39 is 13.9 Å². The van der Waals surface area contributed by atoms with Gasteiger partial charge in [0.1, 0.15) is 6.10 Å². The normalized spacial score (nSPS) is 13.5. The highest BCUT2D eigenvalue weighted by atomic mass is 31.2. The van der Waals surface area contributed by atoms with Crippen LogP contribution in [0.15, 0.2) is 24.3 Å². The molecule has 338 valence electrons. The Hall–Kier alpha value is -1.02. The number of allylic oxidation sites excluding steroid dienone is 4.